The number of methoxy groups -OCH3 is 1. The van der Waals surface area contributed by atoms with E-state index >= 15 is 0 Å². The van der Waals surface area contributed by atoms with E-state index in [0.717, 1.165) is 11.3 Å². The smallest absolute Gasteiger partial charge is 0.244 e. The molecular formula is C18H23N3O3. The summed E-state index contributed by atoms with van der Waals surface area (Å²) < 4.78 is 7.02. The van der Waals surface area contributed by atoms with Gasteiger partial charge in [-0.25, -0.2) is 4.98 Å². The van der Waals surface area contributed by atoms with Crippen molar-refractivity contribution in [3.63, 3.8) is 0 Å². The van der Waals surface area contributed by atoms with Crippen molar-refractivity contribution in [2.75, 3.05) is 20.3 Å². The third-order valence-corrected chi connectivity index (χ3v) is 3.67. The molecule has 0 aliphatic carbocycles. The van der Waals surface area contributed by atoms with Crippen molar-refractivity contribution in [2.24, 2.45) is 0 Å². The average molecular weight is 329 g/mol. The van der Waals surface area contributed by atoms with E-state index < -0.39 is 5.54 Å². The lowest BCUT2D eigenvalue weighted by Crippen LogP contribution is -2.49. The number of hydrogen-bond acceptors (Lipinski definition) is 4. The number of hydrogen-bond donors (Lipinski definition) is 2. The molecule has 1 amide bonds. The number of aliphatic hydroxyl groups is 1. The van der Waals surface area contributed by atoms with Crippen LogP contribution in [0.4, 0.5) is 0 Å². The van der Waals surface area contributed by atoms with Crippen LogP contribution in [0.3, 0.4) is 0 Å². The molecule has 1 atom stereocenters. The van der Waals surface area contributed by atoms with Gasteiger partial charge in [0, 0.05) is 37.9 Å². The number of nitrogens with one attached hydrogen (secondary N) is 1. The van der Waals surface area contributed by atoms with Crippen molar-refractivity contribution < 1.29 is 14.6 Å². The van der Waals surface area contributed by atoms with E-state index in [-0.39, 0.29) is 12.5 Å². The number of amides is 1. The molecule has 2 N–H and O–H groups in total. The van der Waals surface area contributed by atoms with Crippen LogP contribution in [0.15, 0.2) is 49.1 Å². The number of ether oxygens (including phenoxy) is 1. The van der Waals surface area contributed by atoms with E-state index in [9.17, 15) is 4.79 Å². The van der Waals surface area contributed by atoms with Crippen LogP contribution >= 0.6 is 0 Å². The first-order valence-corrected chi connectivity index (χ1v) is 7.75. The summed E-state index contributed by atoms with van der Waals surface area (Å²) in [7, 11) is 1.57. The van der Waals surface area contributed by atoms with Crippen LogP contribution in [0.1, 0.15) is 18.9 Å². The average Bonchev–Trinajstić information content (AvgIpc) is 3.08. The van der Waals surface area contributed by atoms with Crippen LogP contribution in [0, 0.1) is 0 Å². The van der Waals surface area contributed by atoms with Crippen LogP contribution in [0.2, 0.25) is 0 Å². The topological polar surface area (TPSA) is 76.4 Å². The van der Waals surface area contributed by atoms with Crippen LogP contribution in [0.25, 0.3) is 11.8 Å². The lowest BCUT2D eigenvalue weighted by molar-refractivity contribution is -0.119. The zero-order valence-electron chi connectivity index (χ0n) is 14.0. The molecule has 0 aliphatic rings. The quantitative estimate of drug-likeness (QED) is 0.724. The lowest BCUT2D eigenvalue weighted by Gasteiger charge is -2.28. The van der Waals surface area contributed by atoms with Gasteiger partial charge in [-0.15, -0.1) is 0 Å². The first kappa shape index (κ1) is 17.9. The van der Waals surface area contributed by atoms with Crippen molar-refractivity contribution in [2.45, 2.75) is 18.9 Å². The molecule has 0 spiro atoms. The highest BCUT2D eigenvalue weighted by molar-refractivity contribution is 5.92. The largest absolute Gasteiger partial charge is 0.396 e. The number of nitrogens with zero attached hydrogens (tertiary/aromatic N) is 2. The second kappa shape index (κ2) is 8.42. The van der Waals surface area contributed by atoms with Gasteiger partial charge in [-0.3, -0.25) is 4.79 Å². The van der Waals surface area contributed by atoms with Gasteiger partial charge in [0.05, 0.1) is 18.5 Å². The maximum absolute atomic E-state index is 12.1. The van der Waals surface area contributed by atoms with Gasteiger partial charge < -0.3 is 19.7 Å². The van der Waals surface area contributed by atoms with E-state index in [1.54, 1.807) is 25.7 Å². The summed E-state index contributed by atoms with van der Waals surface area (Å²) in [5.74, 6) is -0.221. The SMILES string of the molecule is COCC(C)(CCO)NC(=O)/C=C/c1ccc(-n2ccnc2)cc1. The molecule has 2 rings (SSSR count). The summed E-state index contributed by atoms with van der Waals surface area (Å²) in [6.07, 6.45) is 8.99. The molecular weight excluding hydrogens is 306 g/mol. The van der Waals surface area contributed by atoms with Gasteiger partial charge in [0.1, 0.15) is 0 Å². The van der Waals surface area contributed by atoms with Gasteiger partial charge in [-0.1, -0.05) is 12.1 Å². The van der Waals surface area contributed by atoms with Crippen molar-refractivity contribution in [3.05, 3.63) is 54.6 Å². The summed E-state index contributed by atoms with van der Waals surface area (Å²) in [5, 5.41) is 12.0. The van der Waals surface area contributed by atoms with E-state index in [4.69, 9.17) is 9.84 Å². The lowest BCUT2D eigenvalue weighted by atomic mass is 9.99. The van der Waals surface area contributed by atoms with Gasteiger partial charge >= 0.3 is 0 Å². The third-order valence-electron chi connectivity index (χ3n) is 3.67. The maximum atomic E-state index is 12.1. The number of aromatic nitrogens is 2. The number of imidazole rings is 1. The third kappa shape index (κ3) is 5.04. The van der Waals surface area contributed by atoms with Gasteiger partial charge in [0.2, 0.25) is 5.91 Å². The first-order valence-electron chi connectivity index (χ1n) is 7.75. The molecule has 6 nitrogen and oxygen atoms in total. The zero-order chi connectivity index (χ0) is 17.4. The summed E-state index contributed by atoms with van der Waals surface area (Å²) >= 11 is 0. The van der Waals surface area contributed by atoms with E-state index in [0.29, 0.717) is 13.0 Å². The van der Waals surface area contributed by atoms with E-state index in [2.05, 4.69) is 10.3 Å². The summed E-state index contributed by atoms with van der Waals surface area (Å²) in [5.41, 5.74) is 1.34. The van der Waals surface area contributed by atoms with E-state index in [1.165, 1.54) is 6.08 Å². The van der Waals surface area contributed by atoms with Crippen molar-refractivity contribution >= 4 is 12.0 Å². The van der Waals surface area contributed by atoms with Crippen LogP contribution in [-0.2, 0) is 9.53 Å². The molecule has 128 valence electrons. The van der Waals surface area contributed by atoms with Crippen LogP contribution in [0.5, 0.6) is 0 Å². The van der Waals surface area contributed by atoms with Gasteiger partial charge in [-0.2, -0.15) is 0 Å². The molecule has 0 bridgehead atoms. The Labute approximate surface area is 141 Å². The molecule has 2 aromatic rings. The Kier molecular flexibility index (Phi) is 6.28. The second-order valence-electron chi connectivity index (χ2n) is 5.85. The number of carbonyl (C=O) groups excluding carboxylic acids is 1. The Bertz CT molecular complexity index is 657. The first-order chi connectivity index (χ1) is 11.6. The molecule has 24 heavy (non-hydrogen) atoms. The molecule has 0 saturated carbocycles. The molecule has 1 aromatic heterocycles. The second-order valence-corrected chi connectivity index (χ2v) is 5.85. The molecule has 1 heterocycles. The predicted molar refractivity (Wildman–Crippen MR) is 92.7 cm³/mol. The Morgan fingerprint density at radius 2 is 2.17 bits per heavy atom. The van der Waals surface area contributed by atoms with Gasteiger partial charge in [0.15, 0.2) is 0 Å². The number of aliphatic hydroxyl groups excluding tert-OH is 1. The van der Waals surface area contributed by atoms with Crippen molar-refractivity contribution in [1.82, 2.24) is 14.9 Å². The Morgan fingerprint density at radius 1 is 1.42 bits per heavy atom. The fourth-order valence-electron chi connectivity index (χ4n) is 2.42. The van der Waals surface area contributed by atoms with Gasteiger partial charge in [-0.05, 0) is 37.1 Å². The highest BCUT2D eigenvalue weighted by atomic mass is 16.5. The van der Waals surface area contributed by atoms with E-state index in [1.807, 2.05) is 42.0 Å². The standard InChI is InChI=1S/C18H23N3O3/c1-18(9-12-22,13-24-2)20-17(23)8-5-15-3-6-16(7-4-15)21-11-10-19-14-21/h3-8,10-11,14,22H,9,12-13H2,1-2H3,(H,20,23)/b8-5+. The van der Waals surface area contributed by atoms with Crippen molar-refractivity contribution in [1.29, 1.82) is 0 Å². The minimum Gasteiger partial charge on any atom is -0.396 e. The molecule has 0 radical (unpaired) electrons. The Morgan fingerprint density at radius 3 is 2.75 bits per heavy atom. The molecule has 1 aromatic carbocycles. The van der Waals surface area contributed by atoms with Gasteiger partial charge in [0.25, 0.3) is 0 Å². The minimum absolute atomic E-state index is 0.0143. The summed E-state index contributed by atoms with van der Waals surface area (Å²) in [6, 6.07) is 7.78. The normalized spacial score (nSPS) is 13.8. The fraction of sp³-hybridized carbons (Fsp3) is 0.333. The Balaban J connectivity index is 1.98. The van der Waals surface area contributed by atoms with Crippen LogP contribution in [-0.4, -0.2) is 46.4 Å². The predicted octanol–water partition coefficient (Wildman–Crippen LogP) is 1.79. The molecule has 6 heteroatoms. The number of carbonyl (C=O) groups is 1. The Hall–Kier alpha value is -2.44. The molecule has 0 fully saturated rings. The summed E-state index contributed by atoms with van der Waals surface area (Å²) in [6.45, 7) is 2.17. The molecule has 1 unspecified atom stereocenters. The molecule has 0 aliphatic heterocycles. The summed E-state index contributed by atoms with van der Waals surface area (Å²) in [4.78, 5) is 16.1. The van der Waals surface area contributed by atoms with Crippen molar-refractivity contribution in [3.8, 4) is 5.69 Å². The zero-order valence-corrected chi connectivity index (χ0v) is 14.0. The number of benzene rings is 1. The molecule has 0 saturated heterocycles. The highest BCUT2D eigenvalue weighted by Crippen LogP contribution is 2.12. The monoisotopic (exact) mass is 329 g/mol. The number of rotatable bonds is 8. The van der Waals surface area contributed by atoms with Crippen LogP contribution < -0.4 is 5.32 Å². The maximum Gasteiger partial charge on any atom is 0.244 e. The fourth-order valence-corrected chi connectivity index (χ4v) is 2.42. The minimum atomic E-state index is -0.587. The highest BCUT2D eigenvalue weighted by Gasteiger charge is 2.24.